The van der Waals surface area contributed by atoms with E-state index >= 15 is 0 Å². The van der Waals surface area contributed by atoms with Crippen molar-refractivity contribution in [2.45, 2.75) is 31.4 Å². The molecule has 3 rings (SSSR count). The number of piperidine rings is 1. The van der Waals surface area contributed by atoms with Crippen LogP contribution in [0.4, 0.5) is 29.5 Å². The lowest BCUT2D eigenvalue weighted by Gasteiger charge is -2.41. The van der Waals surface area contributed by atoms with Crippen molar-refractivity contribution in [1.82, 2.24) is 14.7 Å². The van der Waals surface area contributed by atoms with E-state index in [0.717, 1.165) is 4.90 Å². The summed E-state index contributed by atoms with van der Waals surface area (Å²) in [6.45, 7) is -0.0813. The van der Waals surface area contributed by atoms with Gasteiger partial charge in [0.2, 0.25) is 6.43 Å². The Kier molecular flexibility index (Phi) is 6.33. The minimum absolute atomic E-state index is 0.0212. The van der Waals surface area contributed by atoms with Crippen molar-refractivity contribution in [3.8, 4) is 6.07 Å². The normalized spacial score (nSPS) is 21.0. The molecule has 31 heavy (non-hydrogen) atoms. The minimum atomic E-state index is -2.81. The van der Waals surface area contributed by atoms with Gasteiger partial charge in [0.25, 0.3) is 5.91 Å². The number of nitrogens with two attached hydrogens (primary N) is 1. The van der Waals surface area contributed by atoms with E-state index in [1.807, 2.05) is 6.07 Å². The number of anilines is 2. The molecular formula is C19H19F3N6O3. The molecular weight excluding hydrogens is 417 g/mol. The molecule has 3 atom stereocenters. The Morgan fingerprint density at radius 1 is 1.35 bits per heavy atom. The van der Waals surface area contributed by atoms with Gasteiger partial charge in [-0.3, -0.25) is 9.48 Å². The average molecular weight is 436 g/mol. The van der Waals surface area contributed by atoms with Gasteiger partial charge in [0.15, 0.2) is 5.82 Å². The number of primary amides is 1. The molecule has 1 fully saturated rings. The predicted octanol–water partition coefficient (Wildman–Crippen LogP) is 2.95. The van der Waals surface area contributed by atoms with Gasteiger partial charge in [-0.15, -0.1) is 0 Å². The average Bonchev–Trinajstić information content (AvgIpc) is 3.12. The second-order valence-electron chi connectivity index (χ2n) is 7.05. The van der Waals surface area contributed by atoms with Crippen LogP contribution in [0.2, 0.25) is 0 Å². The van der Waals surface area contributed by atoms with Gasteiger partial charge < -0.3 is 21.1 Å². The van der Waals surface area contributed by atoms with E-state index in [9.17, 15) is 33.1 Å². The monoisotopic (exact) mass is 436 g/mol. The zero-order chi connectivity index (χ0) is 22.7. The van der Waals surface area contributed by atoms with Crippen LogP contribution in [0.1, 0.15) is 29.2 Å². The van der Waals surface area contributed by atoms with Crippen LogP contribution in [0.25, 0.3) is 0 Å². The molecule has 1 aliphatic rings. The standard InChI is InChI=1S/C19H19F3N6O3/c20-10-1-3-11(4-2-10)25-18-13(17(24)29)9-28(26-18)14-5-6-27(19(30)31)15(7-16(21)22)12(14)8-23/h1-4,9,12,14-16H,5-7H2,(H2,24,29)(H,25,26)(H,30,31)/t12-,14+,15?/m1/s1. The summed E-state index contributed by atoms with van der Waals surface area (Å²) >= 11 is 0. The highest BCUT2D eigenvalue weighted by Crippen LogP contribution is 2.36. The van der Waals surface area contributed by atoms with Crippen LogP contribution in [0.3, 0.4) is 0 Å². The first-order valence-electron chi connectivity index (χ1n) is 9.30. The molecule has 12 heteroatoms. The van der Waals surface area contributed by atoms with Gasteiger partial charge in [0.05, 0.1) is 24.1 Å². The van der Waals surface area contributed by atoms with E-state index in [4.69, 9.17) is 5.73 Å². The van der Waals surface area contributed by atoms with Gasteiger partial charge in [-0.1, -0.05) is 0 Å². The number of aromatic nitrogens is 2. The van der Waals surface area contributed by atoms with Gasteiger partial charge in [-0.2, -0.15) is 10.4 Å². The molecule has 1 aromatic heterocycles. The fourth-order valence-electron chi connectivity index (χ4n) is 3.73. The van der Waals surface area contributed by atoms with Crippen molar-refractivity contribution in [3.05, 3.63) is 41.8 Å². The smallest absolute Gasteiger partial charge is 0.407 e. The molecule has 2 heterocycles. The third-order valence-electron chi connectivity index (χ3n) is 5.15. The number of nitrogens with zero attached hydrogens (tertiary/aromatic N) is 4. The number of halogens is 3. The largest absolute Gasteiger partial charge is 0.465 e. The molecule has 0 saturated carbocycles. The lowest BCUT2D eigenvalue weighted by Crippen LogP contribution is -2.52. The van der Waals surface area contributed by atoms with Crippen molar-refractivity contribution in [2.75, 3.05) is 11.9 Å². The van der Waals surface area contributed by atoms with Gasteiger partial charge in [0.1, 0.15) is 11.4 Å². The van der Waals surface area contributed by atoms with Crippen molar-refractivity contribution in [1.29, 1.82) is 5.26 Å². The van der Waals surface area contributed by atoms with Crippen molar-refractivity contribution >= 4 is 23.5 Å². The summed E-state index contributed by atoms with van der Waals surface area (Å²) in [6, 6.07) is 5.17. The Morgan fingerprint density at radius 3 is 2.58 bits per heavy atom. The quantitative estimate of drug-likeness (QED) is 0.637. The summed E-state index contributed by atoms with van der Waals surface area (Å²) in [5.74, 6) is -2.37. The van der Waals surface area contributed by atoms with Crippen molar-refractivity contribution < 1.29 is 27.9 Å². The van der Waals surface area contributed by atoms with Crippen LogP contribution in [-0.2, 0) is 0 Å². The molecule has 4 N–H and O–H groups in total. The number of carbonyl (C=O) groups excluding carboxylic acids is 1. The highest BCUT2D eigenvalue weighted by molar-refractivity contribution is 5.98. The highest BCUT2D eigenvalue weighted by atomic mass is 19.3. The van der Waals surface area contributed by atoms with Crippen molar-refractivity contribution in [2.24, 2.45) is 11.7 Å². The van der Waals surface area contributed by atoms with E-state index in [1.165, 1.54) is 35.1 Å². The summed E-state index contributed by atoms with van der Waals surface area (Å²) in [5.41, 5.74) is 5.81. The fraction of sp³-hybridized carbons (Fsp3) is 0.368. The number of rotatable bonds is 6. The molecule has 0 spiro atoms. The fourth-order valence-corrected chi connectivity index (χ4v) is 3.73. The maximum atomic E-state index is 13.1. The Balaban J connectivity index is 1.95. The maximum absolute atomic E-state index is 13.1. The summed E-state index contributed by atoms with van der Waals surface area (Å²) in [5, 5.41) is 26.1. The van der Waals surface area contributed by atoms with Gasteiger partial charge in [-0.25, -0.2) is 18.0 Å². The topological polar surface area (TPSA) is 137 Å². The summed E-state index contributed by atoms with van der Waals surface area (Å²) < 4.78 is 40.6. The first kappa shape index (κ1) is 21.9. The molecule has 1 aromatic carbocycles. The van der Waals surface area contributed by atoms with Crippen LogP contribution in [0.5, 0.6) is 0 Å². The van der Waals surface area contributed by atoms with Crippen LogP contribution < -0.4 is 11.1 Å². The summed E-state index contributed by atoms with van der Waals surface area (Å²) in [6.07, 6.45) is -3.58. The zero-order valence-electron chi connectivity index (χ0n) is 16.1. The van der Waals surface area contributed by atoms with Gasteiger partial charge >= 0.3 is 6.09 Å². The molecule has 0 aliphatic carbocycles. The molecule has 2 amide bonds. The molecule has 0 radical (unpaired) electrons. The molecule has 164 valence electrons. The van der Waals surface area contributed by atoms with E-state index < -0.39 is 48.7 Å². The van der Waals surface area contributed by atoms with Gasteiger partial charge in [-0.05, 0) is 30.7 Å². The first-order valence-corrected chi connectivity index (χ1v) is 9.30. The van der Waals surface area contributed by atoms with Crippen LogP contribution in [-0.4, -0.2) is 50.8 Å². The molecule has 2 aromatic rings. The number of carbonyl (C=O) groups is 2. The molecule has 9 nitrogen and oxygen atoms in total. The summed E-state index contributed by atoms with van der Waals surface area (Å²) in [4.78, 5) is 24.2. The Morgan fingerprint density at radius 2 is 2.03 bits per heavy atom. The Hall–Kier alpha value is -3.75. The second-order valence-corrected chi connectivity index (χ2v) is 7.05. The number of benzene rings is 1. The van der Waals surface area contributed by atoms with E-state index in [2.05, 4.69) is 10.4 Å². The number of alkyl halides is 2. The minimum Gasteiger partial charge on any atom is -0.465 e. The number of carboxylic acid groups (broad SMARTS) is 1. The summed E-state index contributed by atoms with van der Waals surface area (Å²) in [7, 11) is 0. The number of nitriles is 1. The lowest BCUT2D eigenvalue weighted by molar-refractivity contribution is 0.0271. The van der Waals surface area contributed by atoms with Crippen LogP contribution in [0.15, 0.2) is 30.5 Å². The molecule has 1 unspecified atom stereocenters. The lowest BCUT2D eigenvalue weighted by atomic mass is 9.84. The van der Waals surface area contributed by atoms with E-state index in [0.29, 0.717) is 5.69 Å². The third-order valence-corrected chi connectivity index (χ3v) is 5.15. The number of amides is 2. The predicted molar refractivity (Wildman–Crippen MR) is 102 cm³/mol. The second kappa shape index (κ2) is 8.95. The van der Waals surface area contributed by atoms with Crippen molar-refractivity contribution in [3.63, 3.8) is 0 Å². The first-order chi connectivity index (χ1) is 14.7. The molecule has 1 aliphatic heterocycles. The number of hydrogen-bond donors (Lipinski definition) is 3. The maximum Gasteiger partial charge on any atom is 0.407 e. The number of nitrogens with one attached hydrogen (secondary N) is 1. The third kappa shape index (κ3) is 4.71. The van der Waals surface area contributed by atoms with Gasteiger partial charge in [0, 0.05) is 24.8 Å². The Labute approximate surface area is 174 Å². The SMILES string of the molecule is N#C[C@H]1C(CC(F)F)N(C(=O)O)CC[C@@H]1n1cc(C(N)=O)c(Nc2ccc(F)cc2)n1. The Bertz CT molecular complexity index is 1000. The van der Waals surface area contributed by atoms with E-state index in [1.54, 1.807) is 0 Å². The highest BCUT2D eigenvalue weighted by Gasteiger charge is 2.43. The molecule has 1 saturated heterocycles. The number of likely N-dealkylation sites (tertiary alicyclic amines) is 1. The zero-order valence-corrected chi connectivity index (χ0v) is 16.1. The molecule has 0 bridgehead atoms. The van der Waals surface area contributed by atoms with Crippen LogP contribution >= 0.6 is 0 Å². The number of hydrogen-bond acceptors (Lipinski definition) is 5. The van der Waals surface area contributed by atoms with Crippen LogP contribution in [0, 0.1) is 23.1 Å². The van der Waals surface area contributed by atoms with E-state index in [-0.39, 0.29) is 24.3 Å².